The van der Waals surface area contributed by atoms with Gasteiger partial charge in [-0.1, -0.05) is 35.9 Å². The van der Waals surface area contributed by atoms with Gasteiger partial charge in [0.2, 0.25) is 5.95 Å². The van der Waals surface area contributed by atoms with E-state index in [2.05, 4.69) is 20.6 Å². The monoisotopic (exact) mass is 396 g/mol. The van der Waals surface area contributed by atoms with E-state index in [0.717, 1.165) is 11.3 Å². The fourth-order valence-corrected chi connectivity index (χ4v) is 2.83. The first-order valence-electron chi connectivity index (χ1n) is 9.00. The van der Waals surface area contributed by atoms with Crippen molar-refractivity contribution in [2.24, 2.45) is 0 Å². The number of amides is 1. The highest BCUT2D eigenvalue weighted by Crippen LogP contribution is 2.25. The number of ether oxygens (including phenoxy) is 1. The van der Waals surface area contributed by atoms with Gasteiger partial charge in [-0.3, -0.25) is 4.79 Å². The second-order valence-electron chi connectivity index (χ2n) is 5.96. The smallest absolute Gasteiger partial charge is 0.270 e. The zero-order chi connectivity index (χ0) is 19.8. The summed E-state index contributed by atoms with van der Waals surface area (Å²) in [5.41, 5.74) is 2.09. The Balaban J connectivity index is 1.62. The van der Waals surface area contributed by atoms with Gasteiger partial charge in [0.25, 0.3) is 5.91 Å². The fraction of sp³-hybridized carbons (Fsp3) is 0.190. The molecule has 6 nitrogen and oxygen atoms in total. The second-order valence-corrected chi connectivity index (χ2v) is 6.39. The number of nitrogens with one attached hydrogen (secondary N) is 2. The molecule has 0 radical (unpaired) electrons. The van der Waals surface area contributed by atoms with E-state index in [4.69, 9.17) is 16.3 Å². The molecule has 144 valence electrons. The van der Waals surface area contributed by atoms with Crippen molar-refractivity contribution in [2.75, 3.05) is 18.5 Å². The molecule has 0 aliphatic rings. The molecule has 0 aliphatic heterocycles. The fourth-order valence-electron chi connectivity index (χ4n) is 2.62. The van der Waals surface area contributed by atoms with Crippen molar-refractivity contribution in [1.82, 2.24) is 15.3 Å². The Kier molecular flexibility index (Phi) is 6.81. The highest BCUT2D eigenvalue weighted by Gasteiger charge is 2.10. The van der Waals surface area contributed by atoms with Gasteiger partial charge in [-0.25, -0.2) is 9.97 Å². The van der Waals surface area contributed by atoms with Crippen molar-refractivity contribution < 1.29 is 9.53 Å². The maximum atomic E-state index is 12.4. The lowest BCUT2D eigenvalue weighted by atomic mass is 10.1. The van der Waals surface area contributed by atoms with E-state index in [0.29, 0.717) is 36.3 Å². The van der Waals surface area contributed by atoms with Crippen LogP contribution in [0.2, 0.25) is 5.02 Å². The lowest BCUT2D eigenvalue weighted by molar-refractivity contribution is 0.0949. The van der Waals surface area contributed by atoms with E-state index in [-0.39, 0.29) is 11.6 Å². The molecule has 0 unspecified atom stereocenters. The van der Waals surface area contributed by atoms with Crippen molar-refractivity contribution in [3.8, 4) is 5.75 Å². The van der Waals surface area contributed by atoms with Crippen LogP contribution in [0.5, 0.6) is 5.75 Å². The van der Waals surface area contributed by atoms with E-state index < -0.39 is 0 Å². The number of rotatable bonds is 8. The van der Waals surface area contributed by atoms with Crippen molar-refractivity contribution in [1.29, 1.82) is 0 Å². The molecule has 3 aromatic rings. The lowest BCUT2D eigenvalue weighted by Crippen LogP contribution is -2.26. The highest BCUT2D eigenvalue weighted by atomic mass is 35.5. The molecule has 0 atom stereocenters. The summed E-state index contributed by atoms with van der Waals surface area (Å²) in [6.45, 7) is 2.95. The summed E-state index contributed by atoms with van der Waals surface area (Å²) in [5.74, 6) is 0.769. The van der Waals surface area contributed by atoms with Crippen molar-refractivity contribution in [3.63, 3.8) is 0 Å². The minimum absolute atomic E-state index is 0.259. The van der Waals surface area contributed by atoms with Crippen LogP contribution in [0.3, 0.4) is 0 Å². The Morgan fingerprint density at radius 3 is 2.82 bits per heavy atom. The summed E-state index contributed by atoms with van der Waals surface area (Å²) >= 11 is 5.98. The molecule has 0 aliphatic carbocycles. The van der Waals surface area contributed by atoms with Crippen molar-refractivity contribution in [3.05, 3.63) is 77.1 Å². The van der Waals surface area contributed by atoms with Gasteiger partial charge in [0.1, 0.15) is 11.4 Å². The van der Waals surface area contributed by atoms with Gasteiger partial charge in [0, 0.05) is 17.8 Å². The van der Waals surface area contributed by atoms with E-state index in [1.54, 1.807) is 12.3 Å². The number of halogens is 1. The highest BCUT2D eigenvalue weighted by molar-refractivity contribution is 6.30. The predicted molar refractivity (Wildman–Crippen MR) is 110 cm³/mol. The van der Waals surface area contributed by atoms with Crippen LogP contribution in [-0.2, 0) is 6.42 Å². The molecule has 3 rings (SSSR count). The minimum Gasteiger partial charge on any atom is -0.492 e. The summed E-state index contributed by atoms with van der Waals surface area (Å²) in [6, 6.07) is 16.7. The van der Waals surface area contributed by atoms with E-state index >= 15 is 0 Å². The zero-order valence-electron chi connectivity index (χ0n) is 15.5. The Morgan fingerprint density at radius 2 is 2.00 bits per heavy atom. The van der Waals surface area contributed by atoms with Crippen molar-refractivity contribution in [2.45, 2.75) is 13.3 Å². The zero-order valence-corrected chi connectivity index (χ0v) is 16.2. The van der Waals surface area contributed by atoms with Gasteiger partial charge >= 0.3 is 0 Å². The third-order valence-corrected chi connectivity index (χ3v) is 4.14. The number of carbonyl (C=O) groups excluding carboxylic acids is 1. The topological polar surface area (TPSA) is 76.1 Å². The number of carbonyl (C=O) groups is 1. The molecule has 28 heavy (non-hydrogen) atoms. The Hall–Kier alpha value is -3.12. The van der Waals surface area contributed by atoms with Crippen LogP contribution in [0, 0.1) is 0 Å². The number of nitrogens with zero attached hydrogens (tertiary/aromatic N) is 2. The van der Waals surface area contributed by atoms with Gasteiger partial charge < -0.3 is 15.4 Å². The van der Waals surface area contributed by atoms with Crippen LogP contribution >= 0.6 is 11.6 Å². The molecule has 0 spiro atoms. The molecule has 2 aromatic carbocycles. The van der Waals surface area contributed by atoms with Gasteiger partial charge in [0.15, 0.2) is 0 Å². The average Bonchev–Trinajstić information content (AvgIpc) is 2.70. The molecule has 0 bridgehead atoms. The molecule has 1 heterocycles. The van der Waals surface area contributed by atoms with E-state index in [9.17, 15) is 4.79 Å². The molecule has 1 amide bonds. The van der Waals surface area contributed by atoms with Gasteiger partial charge in [-0.05, 0) is 49.2 Å². The van der Waals surface area contributed by atoms with E-state index in [1.165, 1.54) is 0 Å². The lowest BCUT2D eigenvalue weighted by Gasteiger charge is -2.11. The molecule has 0 saturated carbocycles. The van der Waals surface area contributed by atoms with Gasteiger partial charge in [-0.2, -0.15) is 0 Å². The number of aromatic nitrogens is 2. The standard InChI is InChI=1S/C21H21ClN4O2/c1-2-28-19-9-4-3-8-17(19)25-21-24-13-11-18(26-21)20(27)23-12-10-15-6-5-7-16(22)14-15/h3-9,11,13-14H,2,10,12H2,1H3,(H,23,27)(H,24,25,26). The Bertz CT molecular complexity index is 949. The number of para-hydroxylation sites is 2. The average molecular weight is 397 g/mol. The van der Waals surface area contributed by atoms with E-state index in [1.807, 2.05) is 55.5 Å². The molecular weight excluding hydrogens is 376 g/mol. The molecule has 7 heteroatoms. The van der Waals surface area contributed by atoms with Gasteiger partial charge in [0.05, 0.1) is 12.3 Å². The first-order valence-corrected chi connectivity index (χ1v) is 9.38. The third-order valence-electron chi connectivity index (χ3n) is 3.91. The summed E-state index contributed by atoms with van der Waals surface area (Å²) in [7, 11) is 0. The van der Waals surface area contributed by atoms with Gasteiger partial charge in [-0.15, -0.1) is 0 Å². The molecule has 2 N–H and O–H groups in total. The van der Waals surface area contributed by atoms with Crippen LogP contribution in [0.25, 0.3) is 0 Å². The summed E-state index contributed by atoms with van der Waals surface area (Å²) in [6.07, 6.45) is 2.23. The normalized spacial score (nSPS) is 10.4. The first kappa shape index (κ1) is 19.6. The van der Waals surface area contributed by atoms with Crippen LogP contribution in [0.15, 0.2) is 60.8 Å². The number of hydrogen-bond acceptors (Lipinski definition) is 5. The molecule has 1 aromatic heterocycles. The largest absolute Gasteiger partial charge is 0.492 e. The van der Waals surface area contributed by atoms with Crippen LogP contribution in [-0.4, -0.2) is 29.0 Å². The molecule has 0 saturated heterocycles. The van der Waals surface area contributed by atoms with Crippen LogP contribution in [0.4, 0.5) is 11.6 Å². The predicted octanol–water partition coefficient (Wildman–Crippen LogP) is 4.24. The summed E-state index contributed by atoms with van der Waals surface area (Å²) in [4.78, 5) is 20.9. The van der Waals surface area contributed by atoms with Crippen LogP contribution < -0.4 is 15.4 Å². The second kappa shape index (κ2) is 9.71. The Labute approximate surface area is 168 Å². The number of benzene rings is 2. The third kappa shape index (κ3) is 5.44. The number of anilines is 2. The molecular formula is C21H21ClN4O2. The Morgan fingerprint density at radius 1 is 1.14 bits per heavy atom. The number of hydrogen-bond donors (Lipinski definition) is 2. The summed E-state index contributed by atoms with van der Waals surface area (Å²) in [5, 5.41) is 6.65. The summed E-state index contributed by atoms with van der Waals surface area (Å²) < 4.78 is 5.58. The maximum absolute atomic E-state index is 12.4. The first-order chi connectivity index (χ1) is 13.7. The SMILES string of the molecule is CCOc1ccccc1Nc1nccc(C(=O)NCCc2cccc(Cl)c2)n1. The quantitative estimate of drug-likeness (QED) is 0.595. The maximum Gasteiger partial charge on any atom is 0.270 e. The molecule has 0 fully saturated rings. The van der Waals surface area contributed by atoms with Crippen molar-refractivity contribution >= 4 is 29.1 Å². The van der Waals surface area contributed by atoms with Crippen LogP contribution in [0.1, 0.15) is 23.0 Å². The minimum atomic E-state index is -0.259.